The van der Waals surface area contributed by atoms with E-state index in [0.717, 1.165) is 11.3 Å². The standard InChI is InChI=1S/C16H10FN3O2S/c17-11-4-10(5-12-15(11)22-7-14(21)19-12)16-20-13(8-23-16)9-2-1-3-18-6-9/h1-6,8H,7H2,(H,19,21). The number of carbonyl (C=O) groups excluding carboxylic acids is 1. The van der Waals surface area contributed by atoms with Crippen LogP contribution in [0.3, 0.4) is 0 Å². The minimum absolute atomic E-state index is 0.0670. The Kier molecular flexibility index (Phi) is 3.27. The van der Waals surface area contributed by atoms with Gasteiger partial charge in [0.05, 0.1) is 11.4 Å². The fourth-order valence-electron chi connectivity index (χ4n) is 2.33. The van der Waals surface area contributed by atoms with E-state index in [1.54, 1.807) is 18.5 Å². The van der Waals surface area contributed by atoms with Crippen LogP contribution in [-0.4, -0.2) is 22.5 Å². The number of amides is 1. The summed E-state index contributed by atoms with van der Waals surface area (Å²) in [5.74, 6) is -0.753. The third kappa shape index (κ3) is 2.55. The van der Waals surface area contributed by atoms with E-state index in [1.807, 2.05) is 17.5 Å². The Morgan fingerprint density at radius 1 is 1.30 bits per heavy atom. The molecule has 0 atom stereocenters. The largest absolute Gasteiger partial charge is 0.478 e. The van der Waals surface area contributed by atoms with Gasteiger partial charge < -0.3 is 10.1 Å². The normalized spacial score (nSPS) is 13.2. The van der Waals surface area contributed by atoms with Crippen molar-refractivity contribution in [1.82, 2.24) is 9.97 Å². The molecular weight excluding hydrogens is 317 g/mol. The van der Waals surface area contributed by atoms with Gasteiger partial charge in [-0.15, -0.1) is 11.3 Å². The van der Waals surface area contributed by atoms with Crippen LogP contribution in [0, 0.1) is 5.82 Å². The lowest BCUT2D eigenvalue weighted by molar-refractivity contribution is -0.118. The van der Waals surface area contributed by atoms with Gasteiger partial charge in [-0.2, -0.15) is 0 Å². The molecule has 0 aliphatic carbocycles. The Balaban J connectivity index is 1.74. The third-order valence-corrected chi connectivity index (χ3v) is 4.27. The van der Waals surface area contributed by atoms with E-state index in [-0.39, 0.29) is 18.3 Å². The zero-order valence-electron chi connectivity index (χ0n) is 11.7. The second kappa shape index (κ2) is 5.44. The highest BCUT2D eigenvalue weighted by Crippen LogP contribution is 2.37. The van der Waals surface area contributed by atoms with Gasteiger partial charge in [-0.1, -0.05) is 0 Å². The first kappa shape index (κ1) is 13.8. The smallest absolute Gasteiger partial charge is 0.262 e. The van der Waals surface area contributed by atoms with Gasteiger partial charge in [0.2, 0.25) is 0 Å². The van der Waals surface area contributed by atoms with Crippen LogP contribution >= 0.6 is 11.3 Å². The number of carbonyl (C=O) groups is 1. The van der Waals surface area contributed by atoms with Crippen molar-refractivity contribution in [1.29, 1.82) is 0 Å². The Morgan fingerprint density at radius 3 is 3.04 bits per heavy atom. The lowest BCUT2D eigenvalue weighted by Crippen LogP contribution is -2.26. The number of fused-ring (bicyclic) bond motifs is 1. The summed E-state index contributed by atoms with van der Waals surface area (Å²) in [7, 11) is 0. The van der Waals surface area contributed by atoms with Crippen molar-refractivity contribution < 1.29 is 13.9 Å². The molecule has 3 aromatic rings. The highest BCUT2D eigenvalue weighted by atomic mass is 32.1. The van der Waals surface area contributed by atoms with Gasteiger partial charge in [-0.3, -0.25) is 9.78 Å². The first-order valence-electron chi connectivity index (χ1n) is 6.83. The highest BCUT2D eigenvalue weighted by Gasteiger charge is 2.21. The number of ether oxygens (including phenoxy) is 1. The molecule has 0 unspecified atom stereocenters. The van der Waals surface area contributed by atoms with Gasteiger partial charge in [0.1, 0.15) is 5.01 Å². The van der Waals surface area contributed by atoms with Crippen molar-refractivity contribution in [2.75, 3.05) is 11.9 Å². The number of nitrogens with zero attached hydrogens (tertiary/aromatic N) is 2. The van der Waals surface area contributed by atoms with Crippen LogP contribution in [0.4, 0.5) is 10.1 Å². The summed E-state index contributed by atoms with van der Waals surface area (Å²) in [6.45, 7) is -0.175. The number of anilines is 1. The summed E-state index contributed by atoms with van der Waals surface area (Å²) in [6.07, 6.45) is 3.42. The van der Waals surface area contributed by atoms with Gasteiger partial charge in [0.15, 0.2) is 18.2 Å². The maximum absolute atomic E-state index is 14.2. The summed E-state index contributed by atoms with van der Waals surface area (Å²) in [4.78, 5) is 20.0. The molecule has 1 aliphatic heterocycles. The van der Waals surface area contributed by atoms with Crippen LogP contribution in [0.2, 0.25) is 0 Å². The molecule has 0 saturated carbocycles. The predicted octanol–water partition coefficient (Wildman–Crippen LogP) is 3.34. The van der Waals surface area contributed by atoms with Gasteiger partial charge in [-0.25, -0.2) is 9.37 Å². The fourth-order valence-corrected chi connectivity index (χ4v) is 3.15. The van der Waals surface area contributed by atoms with Crippen molar-refractivity contribution in [3.05, 3.63) is 47.9 Å². The molecule has 1 aliphatic rings. The molecule has 4 rings (SSSR count). The van der Waals surface area contributed by atoms with Crippen LogP contribution in [0.1, 0.15) is 0 Å². The fraction of sp³-hybridized carbons (Fsp3) is 0.0625. The number of benzene rings is 1. The van der Waals surface area contributed by atoms with Gasteiger partial charge in [0.25, 0.3) is 5.91 Å². The zero-order valence-corrected chi connectivity index (χ0v) is 12.6. The number of hydrogen-bond acceptors (Lipinski definition) is 5. The molecule has 1 amide bonds. The molecule has 1 aromatic carbocycles. The lowest BCUT2D eigenvalue weighted by Gasteiger charge is -2.18. The molecule has 0 spiro atoms. The Labute approximate surface area is 134 Å². The second-order valence-corrected chi connectivity index (χ2v) is 5.81. The van der Waals surface area contributed by atoms with Crippen LogP contribution < -0.4 is 10.1 Å². The topological polar surface area (TPSA) is 64.1 Å². The molecule has 0 radical (unpaired) electrons. The van der Waals surface area contributed by atoms with Crippen LogP contribution in [0.25, 0.3) is 21.8 Å². The van der Waals surface area contributed by atoms with Crippen molar-refractivity contribution in [2.45, 2.75) is 0 Å². The second-order valence-electron chi connectivity index (χ2n) is 4.95. The first-order chi connectivity index (χ1) is 11.2. The van der Waals surface area contributed by atoms with E-state index in [4.69, 9.17) is 4.74 Å². The van der Waals surface area contributed by atoms with Gasteiger partial charge >= 0.3 is 0 Å². The minimum atomic E-state index is -0.518. The number of rotatable bonds is 2. The predicted molar refractivity (Wildman–Crippen MR) is 84.9 cm³/mol. The van der Waals surface area contributed by atoms with Crippen LogP contribution in [0.15, 0.2) is 42.0 Å². The number of halogens is 1. The number of hydrogen-bond donors (Lipinski definition) is 1. The average molecular weight is 327 g/mol. The van der Waals surface area contributed by atoms with E-state index in [2.05, 4.69) is 15.3 Å². The van der Waals surface area contributed by atoms with Crippen molar-refractivity contribution in [3.8, 4) is 27.6 Å². The van der Waals surface area contributed by atoms with E-state index >= 15 is 0 Å². The average Bonchev–Trinajstić information content (AvgIpc) is 3.05. The van der Waals surface area contributed by atoms with E-state index in [0.29, 0.717) is 16.3 Å². The van der Waals surface area contributed by atoms with Crippen molar-refractivity contribution >= 4 is 22.9 Å². The molecule has 1 N–H and O–H groups in total. The number of thiazole rings is 1. The summed E-state index contributed by atoms with van der Waals surface area (Å²) < 4.78 is 19.3. The number of nitrogens with one attached hydrogen (secondary N) is 1. The van der Waals surface area contributed by atoms with E-state index in [9.17, 15) is 9.18 Å². The summed E-state index contributed by atoms with van der Waals surface area (Å²) in [5, 5.41) is 5.16. The lowest BCUT2D eigenvalue weighted by atomic mass is 10.1. The quantitative estimate of drug-likeness (QED) is 0.784. The minimum Gasteiger partial charge on any atom is -0.478 e. The molecule has 7 heteroatoms. The molecule has 0 fully saturated rings. The van der Waals surface area contributed by atoms with E-state index in [1.165, 1.54) is 17.4 Å². The molecule has 3 heterocycles. The third-order valence-electron chi connectivity index (χ3n) is 3.37. The Morgan fingerprint density at radius 2 is 2.22 bits per heavy atom. The molecular formula is C16H10FN3O2S. The summed E-state index contributed by atoms with van der Waals surface area (Å²) in [6, 6.07) is 6.77. The molecule has 2 aromatic heterocycles. The SMILES string of the molecule is O=C1COc2c(F)cc(-c3nc(-c4cccnc4)cs3)cc2N1. The highest BCUT2D eigenvalue weighted by molar-refractivity contribution is 7.13. The maximum Gasteiger partial charge on any atom is 0.262 e. The molecule has 0 saturated heterocycles. The zero-order chi connectivity index (χ0) is 15.8. The van der Waals surface area contributed by atoms with Crippen LogP contribution in [0.5, 0.6) is 5.75 Å². The Bertz CT molecular complexity index is 896. The van der Waals surface area contributed by atoms with Crippen molar-refractivity contribution in [3.63, 3.8) is 0 Å². The van der Waals surface area contributed by atoms with E-state index < -0.39 is 5.82 Å². The monoisotopic (exact) mass is 327 g/mol. The van der Waals surface area contributed by atoms with Gasteiger partial charge in [-0.05, 0) is 24.3 Å². The van der Waals surface area contributed by atoms with Crippen LogP contribution in [-0.2, 0) is 4.79 Å². The Hall–Kier alpha value is -2.80. The number of pyridine rings is 1. The molecule has 114 valence electrons. The van der Waals surface area contributed by atoms with Gasteiger partial charge in [0, 0.05) is 28.9 Å². The first-order valence-corrected chi connectivity index (χ1v) is 7.71. The molecule has 5 nitrogen and oxygen atoms in total. The summed E-state index contributed by atoms with van der Waals surface area (Å²) in [5.41, 5.74) is 2.59. The maximum atomic E-state index is 14.2. The summed E-state index contributed by atoms with van der Waals surface area (Å²) >= 11 is 1.40. The number of aromatic nitrogens is 2. The van der Waals surface area contributed by atoms with Crippen molar-refractivity contribution in [2.24, 2.45) is 0 Å². The molecule has 0 bridgehead atoms. The molecule has 23 heavy (non-hydrogen) atoms.